The van der Waals surface area contributed by atoms with Gasteiger partial charge in [-0.1, -0.05) is 115 Å². The lowest BCUT2D eigenvalue weighted by atomic mass is 10.0. The van der Waals surface area contributed by atoms with Crippen molar-refractivity contribution in [2.45, 2.75) is 0 Å². The van der Waals surface area contributed by atoms with Gasteiger partial charge in [0.15, 0.2) is 5.58 Å². The van der Waals surface area contributed by atoms with E-state index in [2.05, 4.69) is 150 Å². The summed E-state index contributed by atoms with van der Waals surface area (Å²) in [4.78, 5) is 2.39. The van der Waals surface area contributed by atoms with Gasteiger partial charge >= 0.3 is 0 Å². The number of nitrogens with zero attached hydrogens (tertiary/aromatic N) is 1. The first kappa shape index (κ1) is 24.2. The van der Waals surface area contributed by atoms with E-state index in [-0.39, 0.29) is 0 Å². The van der Waals surface area contributed by atoms with Crippen LogP contribution in [0.2, 0.25) is 0 Å². The van der Waals surface area contributed by atoms with Gasteiger partial charge < -0.3 is 9.32 Å². The summed E-state index contributed by atoms with van der Waals surface area (Å²) in [5, 5.41) is 7.27. The maximum absolute atomic E-state index is 6.64. The highest BCUT2D eigenvalue weighted by Gasteiger charge is 2.23. The lowest BCUT2D eigenvalue weighted by molar-refractivity contribution is 0.669. The third-order valence-electron chi connectivity index (χ3n) is 8.44. The van der Waals surface area contributed by atoms with Gasteiger partial charge in [0.2, 0.25) is 0 Å². The van der Waals surface area contributed by atoms with Gasteiger partial charge in [0, 0.05) is 47.4 Å². The normalized spacial score (nSPS) is 11.7. The minimum atomic E-state index is 0.883. The second-order valence-electron chi connectivity index (χ2n) is 10.9. The van der Waals surface area contributed by atoms with Crippen molar-refractivity contribution >= 4 is 81.3 Å². The first-order valence-corrected chi connectivity index (χ1v) is 15.3. The van der Waals surface area contributed by atoms with E-state index in [1.165, 1.54) is 42.1 Å². The summed E-state index contributed by atoms with van der Waals surface area (Å²) in [6, 6.07) is 54.2. The van der Waals surface area contributed by atoms with Gasteiger partial charge in [-0.3, -0.25) is 0 Å². The molecule has 0 spiro atoms. The fraction of sp³-hybridized carbons (Fsp3) is 0. The zero-order valence-electron chi connectivity index (χ0n) is 23.2. The predicted octanol–water partition coefficient (Wildman–Crippen LogP) is 12.2. The molecule has 7 aromatic carbocycles. The molecule has 9 rings (SSSR count). The molecule has 0 bridgehead atoms. The van der Waals surface area contributed by atoms with Crippen LogP contribution in [-0.4, -0.2) is 0 Å². The van der Waals surface area contributed by atoms with Crippen LogP contribution in [0.5, 0.6) is 0 Å². The average molecular weight is 568 g/mol. The highest BCUT2D eigenvalue weighted by molar-refractivity contribution is 7.26. The summed E-state index contributed by atoms with van der Waals surface area (Å²) in [6.45, 7) is 0. The van der Waals surface area contributed by atoms with Crippen molar-refractivity contribution in [2.75, 3.05) is 4.90 Å². The van der Waals surface area contributed by atoms with E-state index in [4.69, 9.17) is 4.42 Å². The van der Waals surface area contributed by atoms with Crippen LogP contribution in [0.4, 0.5) is 17.1 Å². The smallest absolute Gasteiger partial charge is 0.159 e. The second kappa shape index (κ2) is 9.59. The summed E-state index contributed by atoms with van der Waals surface area (Å²) in [5.41, 5.74) is 7.37. The van der Waals surface area contributed by atoms with Crippen LogP contribution < -0.4 is 4.90 Å². The second-order valence-corrected chi connectivity index (χ2v) is 12.0. The van der Waals surface area contributed by atoms with Crippen molar-refractivity contribution in [1.29, 1.82) is 0 Å². The van der Waals surface area contributed by atoms with Crippen LogP contribution in [0, 0.1) is 0 Å². The molecule has 0 aliphatic carbocycles. The van der Waals surface area contributed by atoms with Gasteiger partial charge in [-0.05, 0) is 47.5 Å². The van der Waals surface area contributed by atoms with E-state index in [0.717, 1.165) is 39.0 Å². The van der Waals surface area contributed by atoms with Crippen molar-refractivity contribution in [3.63, 3.8) is 0 Å². The topological polar surface area (TPSA) is 16.4 Å². The van der Waals surface area contributed by atoms with Gasteiger partial charge in [0.05, 0.1) is 11.4 Å². The lowest BCUT2D eigenvalue weighted by Gasteiger charge is -2.27. The van der Waals surface area contributed by atoms with Crippen LogP contribution in [0.3, 0.4) is 0 Å². The number of anilines is 3. The van der Waals surface area contributed by atoms with Crippen molar-refractivity contribution in [2.24, 2.45) is 0 Å². The average Bonchev–Trinajstić information content (AvgIpc) is 3.65. The van der Waals surface area contributed by atoms with E-state index in [1.54, 1.807) is 0 Å². The molecule has 0 radical (unpaired) electrons. The lowest BCUT2D eigenvalue weighted by Crippen LogP contribution is -2.11. The van der Waals surface area contributed by atoms with Crippen molar-refractivity contribution in [3.05, 3.63) is 152 Å². The largest absolute Gasteiger partial charge is 0.454 e. The number of furan rings is 1. The Kier molecular flexibility index (Phi) is 5.40. The van der Waals surface area contributed by atoms with E-state index in [0.29, 0.717) is 0 Å². The summed E-state index contributed by atoms with van der Waals surface area (Å²) in [5.74, 6) is 0. The number of para-hydroxylation sites is 2. The number of hydrogen-bond donors (Lipinski definition) is 0. The van der Waals surface area contributed by atoms with Gasteiger partial charge in [-0.25, -0.2) is 0 Å². The summed E-state index contributed by atoms with van der Waals surface area (Å²) in [7, 11) is 0. The molecule has 43 heavy (non-hydrogen) atoms. The molecule has 0 aliphatic heterocycles. The highest BCUT2D eigenvalue weighted by atomic mass is 32.1. The molecular weight excluding hydrogens is 543 g/mol. The fourth-order valence-corrected chi connectivity index (χ4v) is 7.71. The van der Waals surface area contributed by atoms with E-state index < -0.39 is 0 Å². The molecule has 0 fully saturated rings. The molecule has 0 amide bonds. The Labute approximate surface area is 252 Å². The molecule has 2 nitrogen and oxygen atoms in total. The van der Waals surface area contributed by atoms with Gasteiger partial charge in [0.1, 0.15) is 5.58 Å². The van der Waals surface area contributed by atoms with Crippen molar-refractivity contribution in [1.82, 2.24) is 0 Å². The number of benzene rings is 7. The van der Waals surface area contributed by atoms with Crippen LogP contribution in [0.15, 0.2) is 156 Å². The van der Waals surface area contributed by atoms with Crippen LogP contribution in [-0.2, 0) is 0 Å². The van der Waals surface area contributed by atoms with E-state index in [9.17, 15) is 0 Å². The summed E-state index contributed by atoms with van der Waals surface area (Å²) < 4.78 is 9.26. The Bertz CT molecular complexity index is 2470. The zero-order chi connectivity index (χ0) is 28.3. The summed E-state index contributed by atoms with van der Waals surface area (Å²) in [6.07, 6.45) is 0. The molecule has 9 aromatic rings. The van der Waals surface area contributed by atoms with Crippen LogP contribution in [0.1, 0.15) is 0 Å². The van der Waals surface area contributed by atoms with Crippen LogP contribution >= 0.6 is 11.3 Å². The quantitative estimate of drug-likeness (QED) is 0.210. The molecule has 202 valence electrons. The summed E-state index contributed by atoms with van der Waals surface area (Å²) >= 11 is 1.87. The Morgan fingerprint density at radius 2 is 1.12 bits per heavy atom. The maximum Gasteiger partial charge on any atom is 0.159 e. The minimum absolute atomic E-state index is 0.883. The molecule has 0 saturated heterocycles. The Morgan fingerprint density at radius 3 is 2.00 bits per heavy atom. The van der Waals surface area contributed by atoms with Crippen molar-refractivity contribution < 1.29 is 4.42 Å². The minimum Gasteiger partial charge on any atom is -0.454 e. The van der Waals surface area contributed by atoms with Gasteiger partial charge in [-0.15, -0.1) is 11.3 Å². The molecule has 2 aromatic heterocycles. The number of rotatable bonds is 4. The number of hydrogen-bond acceptors (Lipinski definition) is 3. The monoisotopic (exact) mass is 567 g/mol. The number of thiophene rings is 1. The first-order chi connectivity index (χ1) is 21.3. The standard InChI is InChI=1S/C40H25NOS/c1-2-12-26(13-3-1)27-14-10-15-28(24-27)41(35-21-11-20-32-30-17-6-8-22-37(30)42-39(32)35)36-25-34-31-18-7-9-23-38(31)43-40(34)33-19-5-4-16-29(33)36/h1-25H. The van der Waals surface area contributed by atoms with E-state index >= 15 is 0 Å². The third kappa shape index (κ3) is 3.79. The Morgan fingerprint density at radius 1 is 0.442 bits per heavy atom. The molecule has 0 unspecified atom stereocenters. The fourth-order valence-electron chi connectivity index (χ4n) is 6.48. The predicted molar refractivity (Wildman–Crippen MR) is 184 cm³/mol. The molecule has 0 atom stereocenters. The van der Waals surface area contributed by atoms with E-state index in [1.807, 2.05) is 17.4 Å². The molecular formula is C40H25NOS. The molecule has 3 heteroatoms. The molecule has 0 N–H and O–H groups in total. The maximum atomic E-state index is 6.64. The molecule has 0 saturated carbocycles. The van der Waals surface area contributed by atoms with Crippen LogP contribution in [0.25, 0.3) is 64.0 Å². The number of fused-ring (bicyclic) bond motifs is 8. The molecule has 2 heterocycles. The Hall–Kier alpha value is -5.38. The Balaban J connectivity index is 1.40. The highest BCUT2D eigenvalue weighted by Crippen LogP contribution is 2.48. The van der Waals surface area contributed by atoms with Crippen molar-refractivity contribution in [3.8, 4) is 11.1 Å². The third-order valence-corrected chi connectivity index (χ3v) is 9.66. The molecule has 0 aliphatic rings. The SMILES string of the molecule is c1ccc(-c2cccc(N(c3cc4c5ccccc5sc4c4ccccc34)c3cccc4c3oc3ccccc34)c2)cc1. The van der Waals surface area contributed by atoms with Gasteiger partial charge in [-0.2, -0.15) is 0 Å². The zero-order valence-corrected chi connectivity index (χ0v) is 24.0. The first-order valence-electron chi connectivity index (χ1n) is 14.5. The van der Waals surface area contributed by atoms with Gasteiger partial charge in [0.25, 0.3) is 0 Å².